The van der Waals surface area contributed by atoms with E-state index in [2.05, 4.69) is 15.5 Å². The molecule has 11 heteroatoms. The van der Waals surface area contributed by atoms with Gasteiger partial charge < -0.3 is 14.8 Å². The summed E-state index contributed by atoms with van der Waals surface area (Å²) in [6.07, 6.45) is 0.656. The van der Waals surface area contributed by atoms with Gasteiger partial charge in [-0.25, -0.2) is 8.42 Å². The Kier molecular flexibility index (Phi) is 5.39. The van der Waals surface area contributed by atoms with Gasteiger partial charge in [0.05, 0.1) is 42.0 Å². The summed E-state index contributed by atoms with van der Waals surface area (Å²) in [5.41, 5.74) is 1.99. The van der Waals surface area contributed by atoms with Crippen LogP contribution in [0.4, 0.5) is 5.69 Å². The van der Waals surface area contributed by atoms with Gasteiger partial charge >= 0.3 is 0 Å². The number of morpholine rings is 1. The van der Waals surface area contributed by atoms with Gasteiger partial charge in [0.2, 0.25) is 10.0 Å². The van der Waals surface area contributed by atoms with Crippen molar-refractivity contribution in [2.45, 2.75) is 17.9 Å². The molecule has 3 heterocycles. The van der Waals surface area contributed by atoms with E-state index >= 15 is 0 Å². The number of hydrogen-bond donors (Lipinski definition) is 2. The van der Waals surface area contributed by atoms with Crippen LogP contribution in [0.1, 0.15) is 21.7 Å². The second-order valence-corrected chi connectivity index (χ2v) is 8.79. The first kappa shape index (κ1) is 19.3. The minimum absolute atomic E-state index is 0.0569. The molecular formula is C17H19ClN4O5S. The van der Waals surface area contributed by atoms with E-state index in [0.29, 0.717) is 38.4 Å². The summed E-state index contributed by atoms with van der Waals surface area (Å²) >= 11 is 6.18. The maximum absolute atomic E-state index is 12.8. The highest BCUT2D eigenvalue weighted by Crippen LogP contribution is 2.28. The second kappa shape index (κ2) is 7.80. The van der Waals surface area contributed by atoms with Crippen LogP contribution in [0.2, 0.25) is 5.02 Å². The molecule has 1 aromatic heterocycles. The molecule has 0 atom stereocenters. The molecule has 0 spiro atoms. The molecule has 9 nitrogen and oxygen atoms in total. The van der Waals surface area contributed by atoms with Crippen LogP contribution < -0.4 is 5.32 Å². The lowest BCUT2D eigenvalue weighted by atomic mass is 10.1. The zero-order chi connectivity index (χ0) is 19.7. The normalized spacial score (nSPS) is 17.9. The van der Waals surface area contributed by atoms with Crippen molar-refractivity contribution in [3.05, 3.63) is 40.2 Å². The van der Waals surface area contributed by atoms with E-state index in [9.17, 15) is 13.2 Å². The fraction of sp³-hybridized carbons (Fsp3) is 0.412. The Balaban J connectivity index is 1.59. The first-order valence-corrected chi connectivity index (χ1v) is 10.6. The summed E-state index contributed by atoms with van der Waals surface area (Å²) in [6, 6.07) is 4.24. The fourth-order valence-electron chi connectivity index (χ4n) is 3.18. The predicted molar refractivity (Wildman–Crippen MR) is 101 cm³/mol. The van der Waals surface area contributed by atoms with Crippen LogP contribution in [0.25, 0.3) is 0 Å². The highest BCUT2D eigenvalue weighted by molar-refractivity contribution is 7.89. The summed E-state index contributed by atoms with van der Waals surface area (Å²) in [6.45, 7) is 2.14. The third-order valence-electron chi connectivity index (χ3n) is 4.70. The minimum Gasteiger partial charge on any atom is -0.379 e. The molecule has 2 aliphatic rings. The third-order valence-corrected chi connectivity index (χ3v) is 6.93. The minimum atomic E-state index is -3.70. The number of aromatic amines is 1. The first-order valence-electron chi connectivity index (χ1n) is 8.79. The number of rotatable bonds is 4. The number of halogens is 1. The van der Waals surface area contributed by atoms with Crippen LogP contribution in [0.15, 0.2) is 23.1 Å². The molecule has 0 bridgehead atoms. The van der Waals surface area contributed by atoms with E-state index in [1.165, 1.54) is 22.5 Å². The number of benzene rings is 1. The van der Waals surface area contributed by atoms with Gasteiger partial charge in [0.1, 0.15) is 0 Å². The van der Waals surface area contributed by atoms with Crippen molar-refractivity contribution in [3.8, 4) is 0 Å². The van der Waals surface area contributed by atoms with Gasteiger partial charge in [0, 0.05) is 30.8 Å². The number of anilines is 1. The van der Waals surface area contributed by atoms with Gasteiger partial charge in [-0.2, -0.15) is 9.40 Å². The van der Waals surface area contributed by atoms with E-state index in [4.69, 9.17) is 21.1 Å². The van der Waals surface area contributed by atoms with Gasteiger partial charge in [-0.15, -0.1) is 0 Å². The Bertz CT molecular complexity index is 1000. The summed E-state index contributed by atoms with van der Waals surface area (Å²) in [4.78, 5) is 12.7. The standard InChI is InChI=1S/C17H19ClN4O5S/c18-13-2-1-11(28(24,25)22-4-7-26-8-5-22)9-15(13)19-17(23)16-12-10-27-6-3-14(12)20-21-16/h1-2,9H,3-8,10H2,(H,19,23)(H,20,21). The summed E-state index contributed by atoms with van der Waals surface area (Å²) in [5, 5.41) is 9.81. The van der Waals surface area contributed by atoms with Crippen molar-refractivity contribution in [2.24, 2.45) is 0 Å². The Morgan fingerprint density at radius 1 is 1.21 bits per heavy atom. The topological polar surface area (TPSA) is 114 Å². The van der Waals surface area contributed by atoms with Crippen molar-refractivity contribution in [3.63, 3.8) is 0 Å². The Morgan fingerprint density at radius 3 is 2.79 bits per heavy atom. The zero-order valence-corrected chi connectivity index (χ0v) is 16.5. The van der Waals surface area contributed by atoms with Crippen LogP contribution in [-0.4, -0.2) is 61.7 Å². The van der Waals surface area contributed by atoms with Crippen LogP contribution >= 0.6 is 11.6 Å². The molecular weight excluding hydrogens is 408 g/mol. The van der Waals surface area contributed by atoms with Crippen LogP contribution in [0, 0.1) is 0 Å². The number of carbonyl (C=O) groups is 1. The molecule has 1 fully saturated rings. The molecule has 0 radical (unpaired) electrons. The fourth-order valence-corrected chi connectivity index (χ4v) is 4.78. The number of carbonyl (C=O) groups excluding carboxylic acids is 1. The molecule has 2 N–H and O–H groups in total. The molecule has 1 amide bonds. The van der Waals surface area contributed by atoms with Crippen LogP contribution in [-0.2, 0) is 32.5 Å². The number of aromatic nitrogens is 2. The summed E-state index contributed by atoms with van der Waals surface area (Å²) in [7, 11) is -3.70. The van der Waals surface area contributed by atoms with E-state index in [1.807, 2.05) is 0 Å². The van der Waals surface area contributed by atoms with Crippen molar-refractivity contribution in [1.29, 1.82) is 0 Å². The monoisotopic (exact) mass is 426 g/mol. The Morgan fingerprint density at radius 2 is 2.00 bits per heavy atom. The highest BCUT2D eigenvalue weighted by atomic mass is 35.5. The van der Waals surface area contributed by atoms with Crippen LogP contribution in [0.5, 0.6) is 0 Å². The molecule has 2 aliphatic heterocycles. The number of nitrogens with one attached hydrogen (secondary N) is 2. The lowest BCUT2D eigenvalue weighted by molar-refractivity contribution is 0.0730. The zero-order valence-electron chi connectivity index (χ0n) is 14.9. The van der Waals surface area contributed by atoms with E-state index in [0.717, 1.165) is 5.69 Å². The third kappa shape index (κ3) is 3.65. The molecule has 0 aliphatic carbocycles. The molecule has 28 heavy (non-hydrogen) atoms. The maximum Gasteiger partial charge on any atom is 0.276 e. The molecule has 150 valence electrons. The molecule has 1 aromatic carbocycles. The van der Waals surface area contributed by atoms with Crippen LogP contribution in [0.3, 0.4) is 0 Å². The smallest absolute Gasteiger partial charge is 0.276 e. The van der Waals surface area contributed by atoms with Gasteiger partial charge in [-0.05, 0) is 18.2 Å². The second-order valence-electron chi connectivity index (χ2n) is 6.44. The number of fused-ring (bicyclic) bond motifs is 1. The number of hydrogen-bond acceptors (Lipinski definition) is 6. The van der Waals surface area contributed by atoms with Gasteiger partial charge in [-0.3, -0.25) is 9.89 Å². The average Bonchev–Trinajstić information content (AvgIpc) is 3.14. The SMILES string of the molecule is O=C(Nc1cc(S(=O)(=O)N2CCOCC2)ccc1Cl)c1n[nH]c2c1COCC2. The predicted octanol–water partition coefficient (Wildman–Crippen LogP) is 1.41. The van der Waals surface area contributed by atoms with Gasteiger partial charge in [0.15, 0.2) is 5.69 Å². The first-order chi connectivity index (χ1) is 13.5. The van der Waals surface area contributed by atoms with E-state index in [1.54, 1.807) is 0 Å². The molecule has 0 unspecified atom stereocenters. The molecule has 4 rings (SSSR count). The number of ether oxygens (including phenoxy) is 2. The number of amides is 1. The van der Waals surface area contributed by atoms with Gasteiger partial charge in [-0.1, -0.05) is 11.6 Å². The Labute approximate surface area is 167 Å². The van der Waals surface area contributed by atoms with Crippen molar-refractivity contribution in [2.75, 3.05) is 38.2 Å². The highest BCUT2D eigenvalue weighted by Gasteiger charge is 2.28. The van der Waals surface area contributed by atoms with E-state index < -0.39 is 15.9 Å². The molecule has 0 saturated carbocycles. The Hall–Kier alpha value is -1.98. The lowest BCUT2D eigenvalue weighted by Gasteiger charge is -2.26. The average molecular weight is 427 g/mol. The van der Waals surface area contributed by atoms with Crippen molar-refractivity contribution in [1.82, 2.24) is 14.5 Å². The largest absolute Gasteiger partial charge is 0.379 e. The van der Waals surface area contributed by atoms with E-state index in [-0.39, 0.29) is 34.4 Å². The maximum atomic E-state index is 12.8. The number of H-pyrrole nitrogens is 1. The lowest BCUT2D eigenvalue weighted by Crippen LogP contribution is -2.40. The number of sulfonamides is 1. The van der Waals surface area contributed by atoms with Crippen molar-refractivity contribution >= 4 is 33.2 Å². The van der Waals surface area contributed by atoms with Crippen molar-refractivity contribution < 1.29 is 22.7 Å². The van der Waals surface area contributed by atoms with Gasteiger partial charge in [0.25, 0.3) is 5.91 Å². The number of nitrogens with zero attached hydrogens (tertiary/aromatic N) is 2. The molecule has 1 saturated heterocycles. The molecule has 2 aromatic rings. The summed E-state index contributed by atoms with van der Waals surface area (Å²) in [5.74, 6) is -0.481. The summed E-state index contributed by atoms with van der Waals surface area (Å²) < 4.78 is 37.6. The quantitative estimate of drug-likeness (QED) is 0.764.